The highest BCUT2D eigenvalue weighted by molar-refractivity contribution is 5.90. The highest BCUT2D eigenvalue weighted by Gasteiger charge is 2.10. The Balaban J connectivity index is 1.77. The van der Waals surface area contributed by atoms with Gasteiger partial charge in [0.2, 0.25) is 0 Å². The van der Waals surface area contributed by atoms with E-state index < -0.39 is 0 Å². The van der Waals surface area contributed by atoms with Crippen molar-refractivity contribution < 1.29 is 14.3 Å². The maximum Gasteiger partial charge on any atom is 0.338 e. The minimum atomic E-state index is -0.239. The monoisotopic (exact) mass is 424 g/mol. The number of hydrogen-bond donors (Lipinski definition) is 0. The van der Waals surface area contributed by atoms with Gasteiger partial charge in [0, 0.05) is 0 Å². The van der Waals surface area contributed by atoms with Crippen LogP contribution >= 0.6 is 0 Å². The SMILES string of the molecule is CCCCCOc1ccc(-c2ccc(C(=O)OCCC(C)CCCC(C)C)cc2)cc1. The second kappa shape index (κ2) is 13.9. The van der Waals surface area contributed by atoms with E-state index in [9.17, 15) is 4.79 Å². The molecule has 0 bridgehead atoms. The summed E-state index contributed by atoms with van der Waals surface area (Å²) in [4.78, 5) is 12.3. The molecule has 0 aliphatic heterocycles. The molecule has 0 aliphatic rings. The van der Waals surface area contributed by atoms with E-state index in [4.69, 9.17) is 9.47 Å². The molecular formula is C28H40O3. The molecule has 0 saturated carbocycles. The van der Waals surface area contributed by atoms with Crippen molar-refractivity contribution in [2.24, 2.45) is 11.8 Å². The van der Waals surface area contributed by atoms with E-state index in [-0.39, 0.29) is 5.97 Å². The van der Waals surface area contributed by atoms with Crippen LogP contribution in [0, 0.1) is 11.8 Å². The summed E-state index contributed by atoms with van der Waals surface area (Å²) in [7, 11) is 0. The van der Waals surface area contributed by atoms with Crippen molar-refractivity contribution in [3.05, 3.63) is 54.1 Å². The number of unbranched alkanes of at least 4 members (excludes halogenated alkanes) is 2. The molecule has 0 saturated heterocycles. The van der Waals surface area contributed by atoms with Crippen LogP contribution in [0.3, 0.4) is 0 Å². The van der Waals surface area contributed by atoms with Crippen molar-refractivity contribution in [2.45, 2.75) is 72.6 Å². The Morgan fingerprint density at radius 2 is 1.42 bits per heavy atom. The fourth-order valence-corrected chi connectivity index (χ4v) is 3.54. The quantitative estimate of drug-likeness (QED) is 0.228. The van der Waals surface area contributed by atoms with Crippen LogP contribution in [-0.2, 0) is 4.74 Å². The Kier molecular flexibility index (Phi) is 11.2. The van der Waals surface area contributed by atoms with E-state index in [1.807, 2.05) is 36.4 Å². The largest absolute Gasteiger partial charge is 0.494 e. The predicted octanol–water partition coefficient (Wildman–Crippen LogP) is 7.93. The normalized spacial score (nSPS) is 12.0. The molecule has 1 atom stereocenters. The second-order valence-electron chi connectivity index (χ2n) is 9.01. The van der Waals surface area contributed by atoms with Gasteiger partial charge in [0.05, 0.1) is 18.8 Å². The highest BCUT2D eigenvalue weighted by Crippen LogP contribution is 2.23. The molecule has 3 nitrogen and oxygen atoms in total. The maximum atomic E-state index is 12.3. The number of ether oxygens (including phenoxy) is 2. The van der Waals surface area contributed by atoms with Crippen molar-refractivity contribution in [3.8, 4) is 16.9 Å². The van der Waals surface area contributed by atoms with E-state index in [1.54, 1.807) is 0 Å². The topological polar surface area (TPSA) is 35.5 Å². The third kappa shape index (κ3) is 9.59. The van der Waals surface area contributed by atoms with Crippen molar-refractivity contribution >= 4 is 5.97 Å². The fourth-order valence-electron chi connectivity index (χ4n) is 3.54. The molecule has 3 heteroatoms. The zero-order chi connectivity index (χ0) is 22.5. The predicted molar refractivity (Wildman–Crippen MR) is 130 cm³/mol. The van der Waals surface area contributed by atoms with Gasteiger partial charge < -0.3 is 9.47 Å². The van der Waals surface area contributed by atoms with E-state index in [0.29, 0.717) is 18.1 Å². The third-order valence-corrected chi connectivity index (χ3v) is 5.65. The van der Waals surface area contributed by atoms with Crippen LogP contribution in [-0.4, -0.2) is 19.2 Å². The minimum absolute atomic E-state index is 0.239. The van der Waals surface area contributed by atoms with Gasteiger partial charge in [0.1, 0.15) is 5.75 Å². The molecule has 0 aromatic heterocycles. The van der Waals surface area contributed by atoms with Crippen LogP contribution in [0.4, 0.5) is 0 Å². The van der Waals surface area contributed by atoms with Gasteiger partial charge in [-0.3, -0.25) is 0 Å². The van der Waals surface area contributed by atoms with Crippen molar-refractivity contribution in [1.29, 1.82) is 0 Å². The summed E-state index contributed by atoms with van der Waals surface area (Å²) < 4.78 is 11.3. The number of rotatable bonds is 14. The van der Waals surface area contributed by atoms with E-state index >= 15 is 0 Å². The standard InChI is InChI=1S/C28H40O3/c1-5-6-7-20-30-27-17-15-25(16-18-27)24-11-13-26(14-12-24)28(29)31-21-19-23(4)10-8-9-22(2)3/h11-18,22-23H,5-10,19-21H2,1-4H3. The molecule has 1 unspecified atom stereocenters. The maximum absolute atomic E-state index is 12.3. The first-order chi connectivity index (χ1) is 15.0. The van der Waals surface area contributed by atoms with Crippen LogP contribution in [0.5, 0.6) is 5.75 Å². The molecular weight excluding hydrogens is 384 g/mol. The number of benzene rings is 2. The zero-order valence-electron chi connectivity index (χ0n) is 19.9. The highest BCUT2D eigenvalue weighted by atomic mass is 16.5. The van der Waals surface area contributed by atoms with Crippen LogP contribution in [0.2, 0.25) is 0 Å². The Morgan fingerprint density at radius 3 is 2.03 bits per heavy atom. The van der Waals surface area contributed by atoms with Crippen LogP contribution in [0.1, 0.15) is 83.0 Å². The molecule has 2 aromatic carbocycles. The zero-order valence-corrected chi connectivity index (χ0v) is 19.9. The average Bonchev–Trinajstić information content (AvgIpc) is 2.77. The Bertz CT molecular complexity index is 747. The van der Waals surface area contributed by atoms with Crippen molar-refractivity contribution in [3.63, 3.8) is 0 Å². The van der Waals surface area contributed by atoms with Gasteiger partial charge in [-0.05, 0) is 60.1 Å². The van der Waals surface area contributed by atoms with Gasteiger partial charge in [-0.25, -0.2) is 4.79 Å². The molecule has 0 radical (unpaired) electrons. The van der Waals surface area contributed by atoms with Gasteiger partial charge in [-0.1, -0.05) is 84.1 Å². The fraction of sp³-hybridized carbons (Fsp3) is 0.536. The molecule has 170 valence electrons. The summed E-state index contributed by atoms with van der Waals surface area (Å²) in [6.45, 7) is 10.2. The van der Waals surface area contributed by atoms with Gasteiger partial charge in [0.15, 0.2) is 0 Å². The lowest BCUT2D eigenvalue weighted by Gasteiger charge is -2.12. The van der Waals surface area contributed by atoms with Gasteiger partial charge in [-0.15, -0.1) is 0 Å². The summed E-state index contributed by atoms with van der Waals surface area (Å²) in [5.41, 5.74) is 2.79. The van der Waals surface area contributed by atoms with Crippen LogP contribution in [0.25, 0.3) is 11.1 Å². The second-order valence-corrected chi connectivity index (χ2v) is 9.01. The van der Waals surface area contributed by atoms with Crippen LogP contribution < -0.4 is 4.74 Å². The lowest BCUT2D eigenvalue weighted by atomic mass is 9.98. The smallest absolute Gasteiger partial charge is 0.338 e. The molecule has 0 heterocycles. The van der Waals surface area contributed by atoms with Gasteiger partial charge in [0.25, 0.3) is 0 Å². The lowest BCUT2D eigenvalue weighted by molar-refractivity contribution is 0.0483. The van der Waals surface area contributed by atoms with Gasteiger partial charge in [-0.2, -0.15) is 0 Å². The Hall–Kier alpha value is -2.29. The molecule has 31 heavy (non-hydrogen) atoms. The number of carbonyl (C=O) groups is 1. The number of esters is 1. The molecule has 0 aliphatic carbocycles. The number of hydrogen-bond acceptors (Lipinski definition) is 3. The third-order valence-electron chi connectivity index (χ3n) is 5.65. The summed E-state index contributed by atoms with van der Waals surface area (Å²) in [6, 6.07) is 15.8. The lowest BCUT2D eigenvalue weighted by Crippen LogP contribution is -2.09. The Morgan fingerprint density at radius 1 is 0.774 bits per heavy atom. The van der Waals surface area contributed by atoms with E-state index in [2.05, 4.69) is 39.8 Å². The van der Waals surface area contributed by atoms with Crippen molar-refractivity contribution in [2.75, 3.05) is 13.2 Å². The first-order valence-electron chi connectivity index (χ1n) is 12.0. The Labute approximate surface area is 189 Å². The minimum Gasteiger partial charge on any atom is -0.494 e. The molecule has 0 N–H and O–H groups in total. The molecule has 2 rings (SSSR count). The summed E-state index contributed by atoms with van der Waals surface area (Å²) >= 11 is 0. The van der Waals surface area contributed by atoms with E-state index in [1.165, 1.54) is 32.1 Å². The molecule has 0 fully saturated rings. The van der Waals surface area contributed by atoms with Crippen molar-refractivity contribution in [1.82, 2.24) is 0 Å². The summed E-state index contributed by atoms with van der Waals surface area (Å²) in [6.07, 6.45) is 8.13. The molecule has 2 aromatic rings. The summed E-state index contributed by atoms with van der Waals surface area (Å²) in [5.74, 6) is 2.01. The number of carbonyl (C=O) groups excluding carboxylic acids is 1. The summed E-state index contributed by atoms with van der Waals surface area (Å²) in [5, 5.41) is 0. The molecule has 0 amide bonds. The molecule has 0 spiro atoms. The first-order valence-corrected chi connectivity index (χ1v) is 12.0. The van der Waals surface area contributed by atoms with Gasteiger partial charge >= 0.3 is 5.97 Å². The first kappa shape index (κ1) is 25.0. The van der Waals surface area contributed by atoms with Crippen LogP contribution in [0.15, 0.2) is 48.5 Å². The average molecular weight is 425 g/mol. The van der Waals surface area contributed by atoms with E-state index in [0.717, 1.165) is 42.2 Å².